The number of methoxy groups -OCH3 is 1. The van der Waals surface area contributed by atoms with Crippen molar-refractivity contribution in [3.63, 3.8) is 0 Å². The predicted molar refractivity (Wildman–Crippen MR) is 53.0 cm³/mol. The second-order valence-electron chi connectivity index (χ2n) is 3.11. The fraction of sp³-hybridized carbons (Fsp3) is 0.556. The molecule has 0 spiro atoms. The molecule has 98 valence electrons. The number of nitrogens with one attached hydrogen (secondary N) is 1. The molecule has 0 radical (unpaired) electrons. The van der Waals surface area contributed by atoms with Crippen molar-refractivity contribution < 1.29 is 27.5 Å². The van der Waals surface area contributed by atoms with Crippen LogP contribution in [0.3, 0.4) is 0 Å². The van der Waals surface area contributed by atoms with Crippen LogP contribution < -0.4 is 11.1 Å². The Morgan fingerprint density at radius 3 is 2.41 bits per heavy atom. The first kappa shape index (κ1) is 15.6. The number of Topliss-reactive ketones (excluding diaryl/α,β-unsaturated/α-hetero) is 1. The molecule has 0 aromatic heterocycles. The van der Waals surface area contributed by atoms with Crippen molar-refractivity contribution in [1.82, 2.24) is 5.32 Å². The van der Waals surface area contributed by atoms with E-state index in [2.05, 4.69) is 16.6 Å². The Bertz CT molecular complexity index is 304. The summed E-state index contributed by atoms with van der Waals surface area (Å²) >= 11 is 0. The molecule has 0 aliphatic rings. The molecule has 0 heterocycles. The monoisotopic (exact) mass is 254 g/mol. The Morgan fingerprint density at radius 1 is 1.53 bits per heavy atom. The molecule has 5 nitrogen and oxygen atoms in total. The summed E-state index contributed by atoms with van der Waals surface area (Å²) in [6, 6.07) is -2.78. The minimum Gasteiger partial charge on any atom is -0.468 e. The molecule has 8 heteroatoms. The van der Waals surface area contributed by atoms with Gasteiger partial charge in [-0.2, -0.15) is 13.2 Å². The Kier molecular flexibility index (Phi) is 5.83. The molecule has 17 heavy (non-hydrogen) atoms. The summed E-state index contributed by atoms with van der Waals surface area (Å²) in [4.78, 5) is 21.7. The van der Waals surface area contributed by atoms with E-state index in [1.165, 1.54) is 0 Å². The van der Waals surface area contributed by atoms with Gasteiger partial charge in [-0.25, -0.2) is 0 Å². The molecular formula is C9H13F3N2O3. The van der Waals surface area contributed by atoms with Crippen LogP contribution >= 0.6 is 0 Å². The topological polar surface area (TPSA) is 81.4 Å². The van der Waals surface area contributed by atoms with Crippen molar-refractivity contribution in [1.29, 1.82) is 0 Å². The van der Waals surface area contributed by atoms with Gasteiger partial charge in [0.25, 0.3) is 5.78 Å². The van der Waals surface area contributed by atoms with Crippen molar-refractivity contribution in [2.75, 3.05) is 13.7 Å². The molecular weight excluding hydrogens is 241 g/mol. The second-order valence-corrected chi connectivity index (χ2v) is 3.11. The summed E-state index contributed by atoms with van der Waals surface area (Å²) < 4.78 is 40.5. The highest BCUT2D eigenvalue weighted by Gasteiger charge is 2.42. The molecule has 3 N–H and O–H groups in total. The Morgan fingerprint density at radius 2 is 2.06 bits per heavy atom. The second kappa shape index (κ2) is 6.36. The van der Waals surface area contributed by atoms with Gasteiger partial charge in [-0.15, -0.1) is 6.58 Å². The molecule has 0 unspecified atom stereocenters. The fourth-order valence-electron chi connectivity index (χ4n) is 0.948. The minimum atomic E-state index is -4.97. The summed E-state index contributed by atoms with van der Waals surface area (Å²) in [7, 11) is 1.09. The molecule has 0 amide bonds. The van der Waals surface area contributed by atoms with Crippen molar-refractivity contribution in [2.45, 2.75) is 18.3 Å². The zero-order valence-electron chi connectivity index (χ0n) is 9.08. The zero-order chi connectivity index (χ0) is 13.6. The number of alkyl halides is 3. The van der Waals surface area contributed by atoms with Crippen LogP contribution in [0.4, 0.5) is 13.2 Å². The molecule has 0 bridgehead atoms. The largest absolute Gasteiger partial charge is 0.468 e. The van der Waals surface area contributed by atoms with Crippen molar-refractivity contribution in [2.24, 2.45) is 5.73 Å². The lowest BCUT2D eigenvalue weighted by Gasteiger charge is -2.17. The zero-order valence-corrected chi connectivity index (χ0v) is 9.08. The molecule has 2 atom stereocenters. The van der Waals surface area contributed by atoms with Gasteiger partial charge in [0, 0.05) is 6.54 Å². The van der Waals surface area contributed by atoms with E-state index >= 15 is 0 Å². The quantitative estimate of drug-likeness (QED) is 0.505. The van der Waals surface area contributed by atoms with Crippen molar-refractivity contribution in [3.05, 3.63) is 12.7 Å². The van der Waals surface area contributed by atoms with Gasteiger partial charge < -0.3 is 15.8 Å². The van der Waals surface area contributed by atoms with Crippen LogP contribution in [0.1, 0.15) is 0 Å². The van der Waals surface area contributed by atoms with Gasteiger partial charge in [0.05, 0.1) is 13.2 Å². The van der Waals surface area contributed by atoms with Gasteiger partial charge >= 0.3 is 12.1 Å². The van der Waals surface area contributed by atoms with Gasteiger partial charge in [-0.05, 0) is 0 Å². The number of ether oxygens (including phenoxy) is 1. The van der Waals surface area contributed by atoms with Crippen molar-refractivity contribution >= 4 is 11.8 Å². The highest BCUT2D eigenvalue weighted by molar-refractivity contribution is 5.90. The average Bonchev–Trinajstić information content (AvgIpc) is 2.26. The van der Waals surface area contributed by atoms with Crippen LogP contribution in [0.2, 0.25) is 0 Å². The third kappa shape index (κ3) is 4.96. The number of carbonyl (C=O) groups is 2. The first-order valence-electron chi connectivity index (χ1n) is 4.54. The number of ketones is 1. The van der Waals surface area contributed by atoms with E-state index in [-0.39, 0.29) is 6.54 Å². The molecule has 0 aliphatic carbocycles. The summed E-state index contributed by atoms with van der Waals surface area (Å²) in [6.07, 6.45) is -4.18. The Hall–Kier alpha value is -1.41. The van der Waals surface area contributed by atoms with Crippen LogP contribution in [0.5, 0.6) is 0 Å². The number of esters is 1. The first-order chi connectivity index (χ1) is 7.73. The Balaban J connectivity index is 4.39. The normalized spacial score (nSPS) is 14.9. The molecule has 0 saturated carbocycles. The average molecular weight is 254 g/mol. The van der Waals surface area contributed by atoms with Crippen LogP contribution in [0.15, 0.2) is 12.7 Å². The number of halogens is 3. The summed E-state index contributed by atoms with van der Waals surface area (Å²) in [5.74, 6) is -2.79. The lowest BCUT2D eigenvalue weighted by Crippen LogP contribution is -2.49. The van der Waals surface area contributed by atoms with Crippen molar-refractivity contribution in [3.8, 4) is 0 Å². The molecule has 0 aromatic rings. The number of carbonyl (C=O) groups excluding carboxylic acids is 2. The molecule has 0 fully saturated rings. The van der Waals surface area contributed by atoms with Gasteiger partial charge in [-0.1, -0.05) is 6.08 Å². The summed E-state index contributed by atoms with van der Waals surface area (Å²) in [6.45, 7) is 2.77. The highest BCUT2D eigenvalue weighted by Crippen LogP contribution is 2.18. The SMILES string of the molecule is C=C[C@H](NC[C@H](N)C(=O)OC)C(=O)C(F)(F)F. The molecule has 0 rings (SSSR count). The lowest BCUT2D eigenvalue weighted by atomic mass is 10.1. The number of hydrogen-bond acceptors (Lipinski definition) is 5. The smallest absolute Gasteiger partial charge is 0.452 e. The number of rotatable bonds is 6. The van der Waals surface area contributed by atoms with Gasteiger partial charge in [-0.3, -0.25) is 9.59 Å². The van der Waals surface area contributed by atoms with Crippen LogP contribution in [-0.2, 0) is 14.3 Å². The van der Waals surface area contributed by atoms with Crippen LogP contribution in [0.25, 0.3) is 0 Å². The van der Waals surface area contributed by atoms with Crippen LogP contribution in [0, 0.1) is 0 Å². The highest BCUT2D eigenvalue weighted by atomic mass is 19.4. The third-order valence-corrected chi connectivity index (χ3v) is 1.86. The van der Waals surface area contributed by atoms with E-state index in [4.69, 9.17) is 5.73 Å². The summed E-state index contributed by atoms with van der Waals surface area (Å²) in [5.41, 5.74) is 5.28. The minimum absolute atomic E-state index is 0.328. The van der Waals surface area contributed by atoms with Gasteiger partial charge in [0.2, 0.25) is 0 Å². The number of hydrogen-bond donors (Lipinski definition) is 2. The van der Waals surface area contributed by atoms with Gasteiger partial charge in [0.15, 0.2) is 0 Å². The first-order valence-corrected chi connectivity index (χ1v) is 4.54. The lowest BCUT2D eigenvalue weighted by molar-refractivity contribution is -0.172. The van der Waals surface area contributed by atoms with E-state index in [0.717, 1.165) is 13.2 Å². The van der Waals surface area contributed by atoms with E-state index in [1.807, 2.05) is 0 Å². The maximum atomic E-state index is 12.1. The molecule has 0 aromatic carbocycles. The van der Waals surface area contributed by atoms with E-state index in [9.17, 15) is 22.8 Å². The third-order valence-electron chi connectivity index (χ3n) is 1.86. The van der Waals surface area contributed by atoms with Gasteiger partial charge in [0.1, 0.15) is 6.04 Å². The van der Waals surface area contributed by atoms with E-state index in [1.54, 1.807) is 0 Å². The van der Waals surface area contributed by atoms with E-state index in [0.29, 0.717) is 0 Å². The molecule has 0 saturated heterocycles. The maximum Gasteiger partial charge on any atom is 0.452 e. The number of nitrogens with two attached hydrogens (primary N) is 1. The fourth-order valence-corrected chi connectivity index (χ4v) is 0.948. The standard InChI is InChI=1S/C9H13F3N2O3/c1-3-6(7(15)9(10,11)12)14-4-5(13)8(16)17-2/h3,5-6,14H,1,4,13H2,2H3/t5-,6-/m0/s1. The molecule has 0 aliphatic heterocycles. The summed E-state index contributed by atoms with van der Waals surface area (Å²) in [5, 5.41) is 2.18. The Labute approximate surface area is 95.8 Å². The maximum absolute atomic E-state index is 12.1. The predicted octanol–water partition coefficient (Wildman–Crippen LogP) is -0.238. The van der Waals surface area contributed by atoms with Crippen LogP contribution in [-0.4, -0.2) is 43.7 Å². The van der Waals surface area contributed by atoms with E-state index < -0.39 is 30.0 Å².